The van der Waals surface area contributed by atoms with Gasteiger partial charge in [0.15, 0.2) is 0 Å². The Bertz CT molecular complexity index is 832. The van der Waals surface area contributed by atoms with Crippen LogP contribution in [0.25, 0.3) is 5.69 Å². The molecular weight excluding hydrogens is 380 g/mol. The monoisotopic (exact) mass is 412 g/mol. The van der Waals surface area contributed by atoms with Crippen LogP contribution < -0.4 is 10.6 Å². The van der Waals surface area contributed by atoms with Gasteiger partial charge < -0.3 is 15.4 Å². The van der Waals surface area contributed by atoms with Crippen molar-refractivity contribution in [3.63, 3.8) is 0 Å². The third-order valence-electron chi connectivity index (χ3n) is 5.27. The predicted octanol–water partition coefficient (Wildman–Crippen LogP) is 3.76. The van der Waals surface area contributed by atoms with Crippen molar-refractivity contribution in [2.75, 3.05) is 6.54 Å². The molecule has 1 aromatic heterocycles. The number of hydrogen-bond donors (Lipinski definition) is 2. The molecule has 0 atom stereocenters. The third-order valence-corrected chi connectivity index (χ3v) is 5.27. The number of rotatable bonds is 6. The molecule has 0 aliphatic heterocycles. The maximum absolute atomic E-state index is 12.6. The minimum Gasteiger partial charge on any atom is -0.444 e. The Morgan fingerprint density at radius 2 is 1.83 bits per heavy atom. The molecular formula is C23H32N4O3. The first-order valence-electron chi connectivity index (χ1n) is 10.6. The van der Waals surface area contributed by atoms with Gasteiger partial charge in [0.2, 0.25) is 5.91 Å². The van der Waals surface area contributed by atoms with Crippen molar-refractivity contribution in [1.29, 1.82) is 0 Å². The van der Waals surface area contributed by atoms with E-state index in [1.54, 1.807) is 10.9 Å². The Kier molecular flexibility index (Phi) is 6.80. The first-order chi connectivity index (χ1) is 14.2. The van der Waals surface area contributed by atoms with E-state index >= 15 is 0 Å². The molecule has 1 aliphatic carbocycles. The number of ether oxygens (including phenoxy) is 1. The van der Waals surface area contributed by atoms with Gasteiger partial charge in [0.1, 0.15) is 5.60 Å². The number of nitrogens with one attached hydrogen (secondary N) is 2. The third kappa shape index (κ3) is 6.34. The summed E-state index contributed by atoms with van der Waals surface area (Å²) in [5.74, 6) is -0.0576. The second-order valence-corrected chi connectivity index (χ2v) is 9.04. The van der Waals surface area contributed by atoms with E-state index in [0.29, 0.717) is 13.0 Å². The zero-order valence-corrected chi connectivity index (χ0v) is 18.1. The molecule has 1 saturated carbocycles. The summed E-state index contributed by atoms with van der Waals surface area (Å²) in [5, 5.41) is 10.3. The molecule has 2 N–H and O–H groups in total. The van der Waals surface area contributed by atoms with E-state index in [-0.39, 0.29) is 5.91 Å². The first kappa shape index (κ1) is 21.9. The highest BCUT2D eigenvalue weighted by Crippen LogP contribution is 2.28. The van der Waals surface area contributed by atoms with Crippen molar-refractivity contribution in [2.45, 2.75) is 70.4 Å². The van der Waals surface area contributed by atoms with Crippen LogP contribution in [0, 0.1) is 0 Å². The van der Waals surface area contributed by atoms with Crippen LogP contribution in [0.15, 0.2) is 42.7 Å². The number of nitrogens with zero attached hydrogens (tertiary/aromatic N) is 2. The van der Waals surface area contributed by atoms with Gasteiger partial charge in [-0.1, -0.05) is 31.4 Å². The SMILES string of the molecule is CC(C)(C)OC(=O)NC1(CNC(=O)Cc2ccc(-n3cccn3)cc2)CCCCC1. The Balaban J connectivity index is 1.55. The van der Waals surface area contributed by atoms with Crippen LogP contribution in [0.3, 0.4) is 0 Å². The second kappa shape index (κ2) is 9.32. The van der Waals surface area contributed by atoms with E-state index in [0.717, 1.165) is 43.4 Å². The summed E-state index contributed by atoms with van der Waals surface area (Å²) in [4.78, 5) is 24.9. The quantitative estimate of drug-likeness (QED) is 0.757. The van der Waals surface area contributed by atoms with Gasteiger partial charge in [-0.05, 0) is 57.4 Å². The predicted molar refractivity (Wildman–Crippen MR) is 115 cm³/mol. The normalized spacial score (nSPS) is 16.0. The van der Waals surface area contributed by atoms with Crippen LogP contribution in [-0.4, -0.2) is 39.5 Å². The average molecular weight is 413 g/mol. The molecule has 0 bridgehead atoms. The standard InChI is InChI=1S/C23H32N4O3/c1-22(2,3)30-21(29)26-23(12-5-4-6-13-23)17-24-20(28)16-18-8-10-19(11-9-18)27-15-7-14-25-27/h7-11,14-15H,4-6,12-13,16-17H2,1-3H3,(H,24,28)(H,26,29). The van der Waals surface area contributed by atoms with Crippen molar-refractivity contribution < 1.29 is 14.3 Å². The lowest BCUT2D eigenvalue weighted by Crippen LogP contribution is -2.57. The van der Waals surface area contributed by atoms with Crippen LogP contribution in [0.5, 0.6) is 0 Å². The zero-order chi connectivity index (χ0) is 21.6. The summed E-state index contributed by atoms with van der Waals surface area (Å²) < 4.78 is 7.22. The van der Waals surface area contributed by atoms with Gasteiger partial charge >= 0.3 is 6.09 Å². The van der Waals surface area contributed by atoms with Crippen molar-refractivity contribution >= 4 is 12.0 Å². The summed E-state index contributed by atoms with van der Waals surface area (Å²) in [5.41, 5.74) is 0.888. The topological polar surface area (TPSA) is 85.3 Å². The van der Waals surface area contributed by atoms with E-state index in [2.05, 4.69) is 15.7 Å². The highest BCUT2D eigenvalue weighted by atomic mass is 16.6. The van der Waals surface area contributed by atoms with Crippen molar-refractivity contribution in [1.82, 2.24) is 20.4 Å². The summed E-state index contributed by atoms with van der Waals surface area (Å²) in [6.45, 7) is 5.95. The van der Waals surface area contributed by atoms with Gasteiger partial charge in [0.05, 0.1) is 17.6 Å². The van der Waals surface area contributed by atoms with Crippen molar-refractivity contribution in [3.8, 4) is 5.69 Å². The molecule has 0 saturated heterocycles. The molecule has 7 heteroatoms. The lowest BCUT2D eigenvalue weighted by atomic mass is 9.81. The molecule has 2 amide bonds. The van der Waals surface area contributed by atoms with Gasteiger partial charge in [-0.25, -0.2) is 9.48 Å². The van der Waals surface area contributed by atoms with E-state index in [4.69, 9.17) is 4.74 Å². The highest BCUT2D eigenvalue weighted by molar-refractivity contribution is 5.79. The van der Waals surface area contributed by atoms with Crippen LogP contribution >= 0.6 is 0 Å². The van der Waals surface area contributed by atoms with Gasteiger partial charge in [-0.3, -0.25) is 4.79 Å². The van der Waals surface area contributed by atoms with E-state index in [1.807, 2.05) is 57.3 Å². The Hall–Kier alpha value is -2.83. The smallest absolute Gasteiger partial charge is 0.408 e. The summed E-state index contributed by atoms with van der Waals surface area (Å²) in [6, 6.07) is 9.64. The Morgan fingerprint density at radius 3 is 2.43 bits per heavy atom. The number of benzene rings is 1. The minimum atomic E-state index is -0.550. The fourth-order valence-electron chi connectivity index (χ4n) is 3.80. The van der Waals surface area contributed by atoms with E-state index in [1.165, 1.54) is 0 Å². The average Bonchev–Trinajstić information content (AvgIpc) is 3.21. The van der Waals surface area contributed by atoms with Crippen molar-refractivity contribution in [3.05, 3.63) is 48.3 Å². The van der Waals surface area contributed by atoms with E-state index < -0.39 is 17.2 Å². The fraction of sp³-hybridized carbons (Fsp3) is 0.522. The molecule has 2 aromatic rings. The van der Waals surface area contributed by atoms with Gasteiger partial charge in [0, 0.05) is 18.9 Å². The molecule has 1 aliphatic rings. The minimum absolute atomic E-state index is 0.0576. The maximum Gasteiger partial charge on any atom is 0.408 e. The number of hydrogen-bond acceptors (Lipinski definition) is 4. The van der Waals surface area contributed by atoms with Crippen LogP contribution in [0.1, 0.15) is 58.4 Å². The van der Waals surface area contributed by atoms with Crippen molar-refractivity contribution in [2.24, 2.45) is 0 Å². The lowest BCUT2D eigenvalue weighted by Gasteiger charge is -2.38. The number of amides is 2. The first-order valence-corrected chi connectivity index (χ1v) is 10.6. The lowest BCUT2D eigenvalue weighted by molar-refractivity contribution is -0.120. The molecule has 0 radical (unpaired) electrons. The molecule has 1 heterocycles. The van der Waals surface area contributed by atoms with Crippen LogP contribution in [-0.2, 0) is 16.0 Å². The molecule has 7 nitrogen and oxygen atoms in total. The number of carbonyl (C=O) groups excluding carboxylic acids is 2. The molecule has 1 fully saturated rings. The van der Waals surface area contributed by atoms with Crippen LogP contribution in [0.4, 0.5) is 4.79 Å². The molecule has 3 rings (SSSR count). The largest absolute Gasteiger partial charge is 0.444 e. The fourth-order valence-corrected chi connectivity index (χ4v) is 3.80. The number of alkyl carbamates (subject to hydrolysis) is 1. The summed E-state index contributed by atoms with van der Waals surface area (Å²) in [6.07, 6.45) is 8.36. The van der Waals surface area contributed by atoms with Gasteiger partial charge in [-0.2, -0.15) is 5.10 Å². The molecule has 0 spiro atoms. The highest BCUT2D eigenvalue weighted by Gasteiger charge is 2.35. The maximum atomic E-state index is 12.6. The molecule has 1 aromatic carbocycles. The van der Waals surface area contributed by atoms with Gasteiger partial charge in [-0.15, -0.1) is 0 Å². The molecule has 162 valence electrons. The number of aromatic nitrogens is 2. The summed E-state index contributed by atoms with van der Waals surface area (Å²) in [7, 11) is 0. The molecule has 30 heavy (non-hydrogen) atoms. The zero-order valence-electron chi connectivity index (χ0n) is 18.1. The second-order valence-electron chi connectivity index (χ2n) is 9.04. The Labute approximate surface area is 178 Å². The van der Waals surface area contributed by atoms with Gasteiger partial charge in [0.25, 0.3) is 0 Å². The molecule has 0 unspecified atom stereocenters. The summed E-state index contributed by atoms with van der Waals surface area (Å²) >= 11 is 0. The van der Waals surface area contributed by atoms with Crippen LogP contribution in [0.2, 0.25) is 0 Å². The number of carbonyl (C=O) groups is 2. The Morgan fingerprint density at radius 1 is 1.13 bits per heavy atom. The van der Waals surface area contributed by atoms with E-state index in [9.17, 15) is 9.59 Å².